The van der Waals surface area contributed by atoms with Crippen LogP contribution in [0.1, 0.15) is 12.5 Å². The van der Waals surface area contributed by atoms with Crippen molar-refractivity contribution in [3.63, 3.8) is 0 Å². The summed E-state index contributed by atoms with van der Waals surface area (Å²) in [4.78, 5) is 12.5. The Kier molecular flexibility index (Phi) is 6.80. The fourth-order valence-corrected chi connectivity index (χ4v) is 4.31. The number of nitrogens with zero attached hydrogens (tertiary/aromatic N) is 1. The van der Waals surface area contributed by atoms with Gasteiger partial charge in [0.05, 0.1) is 24.2 Å². The van der Waals surface area contributed by atoms with Gasteiger partial charge in [0, 0.05) is 11.0 Å². The van der Waals surface area contributed by atoms with Crippen molar-refractivity contribution >= 4 is 37.5 Å². The third-order valence-electron chi connectivity index (χ3n) is 3.82. The topological polar surface area (TPSA) is 75.7 Å². The zero-order chi connectivity index (χ0) is 19.3. The molecule has 1 amide bonds. The van der Waals surface area contributed by atoms with Crippen LogP contribution in [0.2, 0.25) is 0 Å². The molecule has 0 saturated heterocycles. The number of nitrogens with one attached hydrogen (secondary N) is 1. The smallest absolute Gasteiger partial charge is 0.243 e. The molecule has 0 bridgehead atoms. The Hall–Kier alpha value is -1.90. The highest BCUT2D eigenvalue weighted by Gasteiger charge is 2.26. The molecule has 2 rings (SSSR count). The van der Waals surface area contributed by atoms with Crippen LogP contribution in [0, 0.1) is 6.92 Å². The van der Waals surface area contributed by atoms with Gasteiger partial charge in [0.25, 0.3) is 0 Å². The Morgan fingerprint density at radius 1 is 1.23 bits per heavy atom. The number of halogens is 1. The van der Waals surface area contributed by atoms with Gasteiger partial charge in [-0.25, -0.2) is 8.42 Å². The maximum atomic E-state index is 12.9. The first kappa shape index (κ1) is 20.4. The number of amides is 1. The zero-order valence-corrected chi connectivity index (χ0v) is 17.2. The van der Waals surface area contributed by atoms with Crippen LogP contribution in [0.5, 0.6) is 5.75 Å². The van der Waals surface area contributed by atoms with Crippen LogP contribution in [-0.4, -0.2) is 38.8 Å². The Bertz CT molecular complexity index is 900. The van der Waals surface area contributed by atoms with Gasteiger partial charge in [0.15, 0.2) is 0 Å². The molecule has 2 aromatic carbocycles. The number of benzene rings is 2. The number of hydrogen-bond acceptors (Lipinski definition) is 4. The third kappa shape index (κ3) is 4.63. The second kappa shape index (κ2) is 8.66. The highest BCUT2D eigenvalue weighted by molar-refractivity contribution is 9.10. The van der Waals surface area contributed by atoms with Crippen LogP contribution in [0.25, 0.3) is 0 Å². The maximum absolute atomic E-state index is 12.9. The standard InChI is InChI=1S/C18H21BrN2O4S/c1-4-21(12-18(22)20-16-8-6-5-7-15(16)19)26(23,24)14-9-10-17(25-3)13(2)11-14/h5-11H,4,12H2,1-3H3,(H,20,22). The predicted octanol–water partition coefficient (Wildman–Crippen LogP) is 3.42. The molecule has 0 aromatic heterocycles. The summed E-state index contributed by atoms with van der Waals surface area (Å²) in [5.41, 5.74) is 1.30. The van der Waals surface area contributed by atoms with E-state index in [0.717, 1.165) is 8.78 Å². The molecule has 6 nitrogen and oxygen atoms in total. The van der Waals surface area contributed by atoms with E-state index in [1.165, 1.54) is 13.2 Å². The van der Waals surface area contributed by atoms with Crippen molar-refractivity contribution in [2.45, 2.75) is 18.7 Å². The van der Waals surface area contributed by atoms with Gasteiger partial charge in [-0.2, -0.15) is 4.31 Å². The molecule has 0 saturated carbocycles. The molecule has 0 heterocycles. The summed E-state index contributed by atoms with van der Waals surface area (Å²) < 4.78 is 32.8. The molecule has 1 N–H and O–H groups in total. The van der Waals surface area contributed by atoms with Gasteiger partial charge >= 0.3 is 0 Å². The lowest BCUT2D eigenvalue weighted by Crippen LogP contribution is -2.37. The van der Waals surface area contributed by atoms with Crippen LogP contribution in [0.3, 0.4) is 0 Å². The molecule has 0 unspecified atom stereocenters. The first-order valence-corrected chi connectivity index (χ1v) is 10.2. The Balaban J connectivity index is 2.19. The van der Waals surface area contributed by atoms with E-state index >= 15 is 0 Å². The van der Waals surface area contributed by atoms with Crippen molar-refractivity contribution in [2.24, 2.45) is 0 Å². The van der Waals surface area contributed by atoms with Gasteiger partial charge < -0.3 is 10.1 Å². The first-order valence-electron chi connectivity index (χ1n) is 7.98. The molecular weight excluding hydrogens is 420 g/mol. The number of sulfonamides is 1. The number of carbonyl (C=O) groups excluding carboxylic acids is 1. The van der Waals surface area contributed by atoms with E-state index in [4.69, 9.17) is 4.74 Å². The Morgan fingerprint density at radius 2 is 1.92 bits per heavy atom. The van der Waals surface area contributed by atoms with Gasteiger partial charge in [0.2, 0.25) is 15.9 Å². The number of ether oxygens (including phenoxy) is 1. The molecular formula is C18H21BrN2O4S. The largest absolute Gasteiger partial charge is 0.496 e. The summed E-state index contributed by atoms with van der Waals surface area (Å²) >= 11 is 3.35. The molecule has 140 valence electrons. The van der Waals surface area contributed by atoms with Crippen molar-refractivity contribution < 1.29 is 17.9 Å². The lowest BCUT2D eigenvalue weighted by atomic mass is 10.2. The zero-order valence-electron chi connectivity index (χ0n) is 14.8. The van der Waals surface area contributed by atoms with Crippen molar-refractivity contribution in [2.75, 3.05) is 25.5 Å². The average molecular weight is 441 g/mol. The first-order chi connectivity index (χ1) is 12.3. The van der Waals surface area contributed by atoms with Gasteiger partial charge in [-0.3, -0.25) is 4.79 Å². The van der Waals surface area contributed by atoms with Gasteiger partial charge in [-0.05, 0) is 58.7 Å². The van der Waals surface area contributed by atoms with Crippen LogP contribution >= 0.6 is 15.9 Å². The number of methoxy groups -OCH3 is 1. The number of likely N-dealkylation sites (N-methyl/N-ethyl adjacent to an activating group) is 1. The fraction of sp³-hybridized carbons (Fsp3) is 0.278. The fourth-order valence-electron chi connectivity index (χ4n) is 2.44. The number of aryl methyl sites for hydroxylation is 1. The highest BCUT2D eigenvalue weighted by Crippen LogP contribution is 2.24. The minimum atomic E-state index is -3.79. The number of anilines is 1. The number of carbonyl (C=O) groups is 1. The average Bonchev–Trinajstić information content (AvgIpc) is 2.61. The molecule has 0 aliphatic carbocycles. The lowest BCUT2D eigenvalue weighted by Gasteiger charge is -2.21. The SMILES string of the molecule is CCN(CC(=O)Nc1ccccc1Br)S(=O)(=O)c1ccc(OC)c(C)c1. The molecule has 8 heteroatoms. The second-order valence-electron chi connectivity index (χ2n) is 5.59. The minimum absolute atomic E-state index is 0.131. The summed E-state index contributed by atoms with van der Waals surface area (Å²) in [6, 6.07) is 11.8. The highest BCUT2D eigenvalue weighted by atomic mass is 79.9. The van der Waals surface area contributed by atoms with E-state index in [1.807, 2.05) is 6.07 Å². The Morgan fingerprint density at radius 3 is 2.50 bits per heavy atom. The van der Waals surface area contributed by atoms with Crippen LogP contribution in [0.4, 0.5) is 5.69 Å². The Labute approximate surface area is 162 Å². The quantitative estimate of drug-likeness (QED) is 0.715. The molecule has 0 atom stereocenters. The van der Waals surface area contributed by atoms with Crippen LogP contribution in [0.15, 0.2) is 51.8 Å². The second-order valence-corrected chi connectivity index (χ2v) is 8.38. The van der Waals surface area contributed by atoms with E-state index in [0.29, 0.717) is 17.0 Å². The summed E-state index contributed by atoms with van der Waals surface area (Å²) in [5.74, 6) is 0.200. The normalized spacial score (nSPS) is 11.4. The molecule has 0 radical (unpaired) electrons. The van der Waals surface area contributed by atoms with Gasteiger partial charge in [0.1, 0.15) is 5.75 Å². The summed E-state index contributed by atoms with van der Waals surface area (Å²) in [6.45, 7) is 3.37. The molecule has 0 fully saturated rings. The van der Waals surface area contributed by atoms with E-state index in [2.05, 4.69) is 21.2 Å². The summed E-state index contributed by atoms with van der Waals surface area (Å²) in [7, 11) is -2.26. The summed E-state index contributed by atoms with van der Waals surface area (Å²) in [6.07, 6.45) is 0. The van der Waals surface area contributed by atoms with Gasteiger partial charge in [-0.15, -0.1) is 0 Å². The van der Waals surface area contributed by atoms with Crippen LogP contribution in [-0.2, 0) is 14.8 Å². The molecule has 0 spiro atoms. The van der Waals surface area contributed by atoms with Crippen molar-refractivity contribution in [3.8, 4) is 5.75 Å². The van der Waals surface area contributed by atoms with E-state index in [1.54, 1.807) is 44.2 Å². The van der Waals surface area contributed by atoms with Crippen molar-refractivity contribution in [3.05, 3.63) is 52.5 Å². The van der Waals surface area contributed by atoms with Crippen molar-refractivity contribution in [1.29, 1.82) is 0 Å². The maximum Gasteiger partial charge on any atom is 0.243 e. The van der Waals surface area contributed by atoms with Crippen molar-refractivity contribution in [1.82, 2.24) is 4.31 Å². The molecule has 26 heavy (non-hydrogen) atoms. The molecule has 0 aliphatic rings. The van der Waals surface area contributed by atoms with E-state index in [9.17, 15) is 13.2 Å². The van der Waals surface area contributed by atoms with E-state index < -0.39 is 15.9 Å². The molecule has 2 aromatic rings. The van der Waals surface area contributed by atoms with Gasteiger partial charge in [-0.1, -0.05) is 19.1 Å². The predicted molar refractivity (Wildman–Crippen MR) is 105 cm³/mol. The number of rotatable bonds is 7. The lowest BCUT2D eigenvalue weighted by molar-refractivity contribution is -0.116. The van der Waals surface area contributed by atoms with Crippen LogP contribution < -0.4 is 10.1 Å². The number of hydrogen-bond donors (Lipinski definition) is 1. The molecule has 0 aliphatic heterocycles. The number of para-hydroxylation sites is 1. The summed E-state index contributed by atoms with van der Waals surface area (Å²) in [5, 5.41) is 2.72. The monoisotopic (exact) mass is 440 g/mol. The third-order valence-corrected chi connectivity index (χ3v) is 6.43. The van der Waals surface area contributed by atoms with E-state index in [-0.39, 0.29) is 18.0 Å². The minimum Gasteiger partial charge on any atom is -0.496 e.